The minimum Gasteiger partial charge on any atom is -0.456 e. The molecule has 0 N–H and O–H groups in total. The maximum atomic E-state index is 6.35. The number of hydrogen-bond donors (Lipinski definition) is 0. The quantitative estimate of drug-likeness (QED) is 0.127. The molecule has 91 heavy (non-hydrogen) atoms. The predicted octanol–water partition coefficient (Wildman–Crippen LogP) is 24.1. The fraction of sp³-hybridized carbons (Fsp3) is 0.0824. The maximum Gasteiger partial charge on any atom is 0.498 e. The first-order valence-corrected chi connectivity index (χ1v) is 31.6. The van der Waals surface area contributed by atoms with Crippen LogP contribution >= 0.6 is 15.9 Å². The van der Waals surface area contributed by atoms with Crippen molar-refractivity contribution in [1.82, 2.24) is 0 Å². The van der Waals surface area contributed by atoms with Crippen LogP contribution in [0.3, 0.4) is 0 Å². The molecule has 1 fully saturated rings. The van der Waals surface area contributed by atoms with Gasteiger partial charge in [-0.1, -0.05) is 274 Å². The number of halogens is 1. The van der Waals surface area contributed by atoms with Crippen molar-refractivity contribution >= 4 is 137 Å². The van der Waals surface area contributed by atoms with Gasteiger partial charge >= 0.3 is 7.12 Å². The van der Waals surface area contributed by atoms with Gasteiger partial charge in [0.25, 0.3) is 0 Å². The number of fused-ring (bicyclic) bond motifs is 12. The Morgan fingerprint density at radius 2 is 0.615 bits per heavy atom. The van der Waals surface area contributed by atoms with Crippen LogP contribution in [0.2, 0.25) is 0 Å². The fourth-order valence-corrected chi connectivity index (χ4v) is 14.2. The molecule has 0 spiro atoms. The molecule has 0 saturated carbocycles. The molecule has 1 saturated heterocycles. The standard InChI is InChI=1S/C42H26O.C24H15Br.C18H19BO3.CH4/c1-2-11-30-26-31(25-20-27(30)10-1)41-36-15-5-3-13-34(36)40(35-14-4-6-16-37(35)41)29-23-21-28(22-24-29)32-17-9-18-38-33-12-7-8-19-39(33)43-42(32)38;25-24-21-11-5-3-9-19(21)23(20-10-4-6-12-22(20)24)18-14-13-16-7-1-2-8-17(16)15-18;1-17(2)18(3,4)22-19(21-17)14-10-7-9-13-12-8-5-6-11-15(12)20-16(13)14;/h1-26H;1-15H;5-11H,1-4H3;1H4. The van der Waals surface area contributed by atoms with Crippen LogP contribution in [0.4, 0.5) is 0 Å². The third kappa shape index (κ3) is 9.94. The van der Waals surface area contributed by atoms with Gasteiger partial charge in [-0.3, -0.25) is 0 Å². The molecule has 438 valence electrons. The molecular weight excluding hydrogens is 1180 g/mol. The number of benzene rings is 15. The van der Waals surface area contributed by atoms with E-state index in [1.807, 2.05) is 42.5 Å². The van der Waals surface area contributed by atoms with E-state index in [2.05, 4.69) is 292 Å². The predicted molar refractivity (Wildman–Crippen MR) is 391 cm³/mol. The molecule has 0 atom stereocenters. The van der Waals surface area contributed by atoms with Crippen molar-refractivity contribution in [3.05, 3.63) is 296 Å². The number of hydrogen-bond acceptors (Lipinski definition) is 4. The topological polar surface area (TPSA) is 44.7 Å². The van der Waals surface area contributed by atoms with Gasteiger partial charge in [0.15, 0.2) is 0 Å². The summed E-state index contributed by atoms with van der Waals surface area (Å²) in [5.74, 6) is 0. The Balaban J connectivity index is 0.000000122. The summed E-state index contributed by atoms with van der Waals surface area (Å²) in [6.07, 6.45) is 0. The van der Waals surface area contributed by atoms with Gasteiger partial charge in [0, 0.05) is 37.0 Å². The van der Waals surface area contributed by atoms with Crippen LogP contribution in [0.1, 0.15) is 35.1 Å². The van der Waals surface area contributed by atoms with Crippen LogP contribution in [-0.2, 0) is 9.31 Å². The van der Waals surface area contributed by atoms with Crippen LogP contribution in [-0.4, -0.2) is 18.3 Å². The summed E-state index contributed by atoms with van der Waals surface area (Å²) in [5.41, 5.74) is 13.7. The number of para-hydroxylation sites is 4. The lowest BCUT2D eigenvalue weighted by Crippen LogP contribution is -2.41. The van der Waals surface area contributed by atoms with Crippen molar-refractivity contribution in [2.24, 2.45) is 0 Å². The van der Waals surface area contributed by atoms with Gasteiger partial charge in [-0.2, -0.15) is 0 Å². The molecule has 0 unspecified atom stereocenters. The van der Waals surface area contributed by atoms with Crippen LogP contribution in [0.15, 0.2) is 304 Å². The molecule has 0 radical (unpaired) electrons. The summed E-state index contributed by atoms with van der Waals surface area (Å²) < 4.78 is 25.9. The van der Waals surface area contributed by atoms with Crippen molar-refractivity contribution in [2.45, 2.75) is 46.3 Å². The second-order valence-electron chi connectivity index (χ2n) is 24.5. The van der Waals surface area contributed by atoms with Crippen LogP contribution < -0.4 is 5.46 Å². The molecule has 6 heteroatoms. The molecule has 3 heterocycles. The minimum atomic E-state index is -0.408. The lowest BCUT2D eigenvalue weighted by molar-refractivity contribution is 0.00578. The Hall–Kier alpha value is -10.1. The van der Waals surface area contributed by atoms with Gasteiger partial charge in [-0.15, -0.1) is 0 Å². The lowest BCUT2D eigenvalue weighted by Gasteiger charge is -2.32. The molecule has 18 rings (SSSR count). The van der Waals surface area contributed by atoms with Crippen molar-refractivity contribution in [1.29, 1.82) is 0 Å². The smallest absolute Gasteiger partial charge is 0.456 e. The van der Waals surface area contributed by atoms with Crippen LogP contribution in [0, 0.1) is 0 Å². The van der Waals surface area contributed by atoms with E-state index in [-0.39, 0.29) is 18.6 Å². The van der Waals surface area contributed by atoms with Crippen molar-refractivity contribution < 1.29 is 18.1 Å². The minimum absolute atomic E-state index is 0. The molecule has 17 aromatic rings. The summed E-state index contributed by atoms with van der Waals surface area (Å²) in [6.45, 7) is 8.25. The maximum absolute atomic E-state index is 6.35. The molecular formula is C85H64BBrO4. The van der Waals surface area contributed by atoms with Crippen molar-refractivity contribution in [3.8, 4) is 44.5 Å². The highest BCUT2D eigenvalue weighted by molar-refractivity contribution is 9.10. The molecule has 1 aliphatic heterocycles. The SMILES string of the molecule is Brc1c2ccccc2c(-c2ccc3ccccc3c2)c2ccccc12.C.CC1(C)OB(c2cccc3c2oc2ccccc23)OC1(C)C.c1ccc2cc(-c3c4ccccc4c(-c4ccc(-c5cccc6c5oc5ccccc56)cc4)c4ccccc34)ccc2c1. The van der Waals surface area contributed by atoms with E-state index in [0.717, 1.165) is 60.5 Å². The summed E-state index contributed by atoms with van der Waals surface area (Å²) in [7, 11) is -0.408. The zero-order chi connectivity index (χ0) is 60.7. The average molecular weight is 1240 g/mol. The highest BCUT2D eigenvalue weighted by Crippen LogP contribution is 2.47. The summed E-state index contributed by atoms with van der Waals surface area (Å²) >= 11 is 3.83. The first-order chi connectivity index (χ1) is 44.0. The summed E-state index contributed by atoms with van der Waals surface area (Å²) in [6, 6.07) is 104. The van der Waals surface area contributed by atoms with Gasteiger partial charge < -0.3 is 18.1 Å². The molecule has 15 aromatic carbocycles. The molecule has 0 amide bonds. The van der Waals surface area contributed by atoms with Gasteiger partial charge in [-0.05, 0) is 171 Å². The van der Waals surface area contributed by atoms with Gasteiger partial charge in [0.05, 0.1) is 11.2 Å². The Morgan fingerprint density at radius 1 is 0.286 bits per heavy atom. The third-order valence-corrected chi connectivity index (χ3v) is 19.6. The van der Waals surface area contributed by atoms with Crippen molar-refractivity contribution in [3.63, 3.8) is 0 Å². The van der Waals surface area contributed by atoms with E-state index < -0.39 is 7.12 Å². The van der Waals surface area contributed by atoms with E-state index >= 15 is 0 Å². The Bertz CT molecular complexity index is 5530. The second kappa shape index (κ2) is 23.1. The first-order valence-electron chi connectivity index (χ1n) is 30.8. The molecule has 0 bridgehead atoms. The third-order valence-electron chi connectivity index (χ3n) is 18.7. The zero-order valence-corrected chi connectivity index (χ0v) is 51.9. The molecule has 1 aliphatic rings. The van der Waals surface area contributed by atoms with Gasteiger partial charge in [0.1, 0.15) is 22.3 Å². The van der Waals surface area contributed by atoms with Crippen molar-refractivity contribution in [2.75, 3.05) is 0 Å². The normalized spacial score (nSPS) is 13.5. The zero-order valence-electron chi connectivity index (χ0n) is 50.3. The molecule has 4 nitrogen and oxygen atoms in total. The summed E-state index contributed by atoms with van der Waals surface area (Å²) in [5, 5.41) is 19.7. The number of furan rings is 2. The lowest BCUT2D eigenvalue weighted by atomic mass is 9.78. The van der Waals surface area contributed by atoms with Crippen LogP contribution in [0.25, 0.3) is 153 Å². The molecule has 2 aromatic heterocycles. The van der Waals surface area contributed by atoms with Crippen LogP contribution in [0.5, 0.6) is 0 Å². The fourth-order valence-electron chi connectivity index (χ4n) is 13.5. The Morgan fingerprint density at radius 3 is 1.09 bits per heavy atom. The Labute approximate surface area is 538 Å². The van der Waals surface area contributed by atoms with Gasteiger partial charge in [-0.25, -0.2) is 0 Å². The highest BCUT2D eigenvalue weighted by atomic mass is 79.9. The van der Waals surface area contributed by atoms with E-state index in [9.17, 15) is 0 Å². The summed E-state index contributed by atoms with van der Waals surface area (Å²) in [4.78, 5) is 0. The van der Waals surface area contributed by atoms with Gasteiger partial charge in [0.2, 0.25) is 0 Å². The van der Waals surface area contributed by atoms with E-state index in [1.54, 1.807) is 0 Å². The van der Waals surface area contributed by atoms with E-state index in [4.69, 9.17) is 18.1 Å². The average Bonchev–Trinajstić information content (AvgIpc) is 1.16. The van der Waals surface area contributed by atoms with E-state index in [1.165, 1.54) is 102 Å². The first kappa shape index (κ1) is 57.4. The second-order valence-corrected chi connectivity index (χ2v) is 25.3. The number of rotatable bonds is 5. The monoisotopic (exact) mass is 1240 g/mol. The Kier molecular flexibility index (Phi) is 14.5. The largest absolute Gasteiger partial charge is 0.498 e. The highest BCUT2D eigenvalue weighted by Gasteiger charge is 2.52. The molecule has 0 aliphatic carbocycles. The van der Waals surface area contributed by atoms with E-state index in [0.29, 0.717) is 0 Å².